The number of aromatic hydroxyl groups is 1. The van der Waals surface area contributed by atoms with Gasteiger partial charge in [-0.1, -0.05) is 6.07 Å². The maximum atomic E-state index is 12.2. The molecule has 0 unspecified atom stereocenters. The first-order chi connectivity index (χ1) is 11.7. The molecule has 0 aliphatic rings. The second-order valence-electron chi connectivity index (χ2n) is 5.51. The van der Waals surface area contributed by atoms with E-state index in [0.29, 0.717) is 23.0 Å². The van der Waals surface area contributed by atoms with Crippen LogP contribution >= 0.6 is 22.6 Å². The molecule has 10 N–H and O–H groups in total. The third-order valence-corrected chi connectivity index (χ3v) is 4.27. The van der Waals surface area contributed by atoms with Gasteiger partial charge in [-0.25, -0.2) is 0 Å². The van der Waals surface area contributed by atoms with Crippen molar-refractivity contribution in [3.63, 3.8) is 0 Å². The zero-order valence-electron chi connectivity index (χ0n) is 13.6. The maximum Gasteiger partial charge on any atom is 0.240 e. The van der Waals surface area contributed by atoms with Crippen LogP contribution in [0, 0.1) is 3.57 Å². The molecule has 0 aromatic heterocycles. The molecule has 0 saturated heterocycles. The Morgan fingerprint density at radius 1 is 1.28 bits per heavy atom. The van der Waals surface area contributed by atoms with Gasteiger partial charge in [0, 0.05) is 6.54 Å². The number of halogens is 1. The van der Waals surface area contributed by atoms with E-state index in [9.17, 15) is 14.7 Å². The van der Waals surface area contributed by atoms with Gasteiger partial charge in [0.1, 0.15) is 11.8 Å². The van der Waals surface area contributed by atoms with Crippen molar-refractivity contribution in [3.05, 3.63) is 27.3 Å². The molecule has 138 valence electrons. The van der Waals surface area contributed by atoms with E-state index < -0.39 is 23.9 Å². The topological polar surface area (TPSA) is 183 Å². The molecule has 10 heteroatoms. The van der Waals surface area contributed by atoms with E-state index in [1.165, 1.54) is 6.07 Å². The number of carbonyl (C=O) groups is 2. The summed E-state index contributed by atoms with van der Waals surface area (Å²) in [5.41, 5.74) is 22.4. The van der Waals surface area contributed by atoms with Gasteiger partial charge in [-0.15, -0.1) is 0 Å². The first-order valence-corrected chi connectivity index (χ1v) is 8.66. The Morgan fingerprint density at radius 3 is 2.52 bits per heavy atom. The molecule has 0 radical (unpaired) electrons. The summed E-state index contributed by atoms with van der Waals surface area (Å²) < 4.78 is 0.664. The lowest BCUT2D eigenvalue weighted by Gasteiger charge is -2.18. The third-order valence-electron chi connectivity index (χ3n) is 3.41. The quantitative estimate of drug-likeness (QED) is 0.118. The molecule has 0 heterocycles. The minimum absolute atomic E-state index is 0.0368. The number of primary amides is 1. The number of nitrogens with one attached hydrogen (secondary N) is 1. The van der Waals surface area contributed by atoms with Crippen LogP contribution in [-0.4, -0.2) is 41.5 Å². The van der Waals surface area contributed by atoms with Crippen LogP contribution in [0.4, 0.5) is 0 Å². The highest BCUT2D eigenvalue weighted by Crippen LogP contribution is 2.20. The molecule has 0 bridgehead atoms. The summed E-state index contributed by atoms with van der Waals surface area (Å²) in [5.74, 6) is -1.000. The van der Waals surface area contributed by atoms with Crippen molar-refractivity contribution in [2.45, 2.75) is 31.3 Å². The number of aliphatic imine (C=N–C) groups is 1. The van der Waals surface area contributed by atoms with Gasteiger partial charge in [0.25, 0.3) is 0 Å². The van der Waals surface area contributed by atoms with Crippen LogP contribution in [0.5, 0.6) is 5.75 Å². The molecule has 1 rings (SSSR count). The van der Waals surface area contributed by atoms with Crippen LogP contribution in [0.25, 0.3) is 0 Å². The second-order valence-corrected chi connectivity index (χ2v) is 6.67. The first kappa shape index (κ1) is 21.0. The SMILES string of the molecule is NC(=O)[C@H](CCCN=C(N)N)NC(=O)[C@@H](N)Cc1ccc(O)c([125I])c1. The molecule has 0 spiro atoms. The fraction of sp³-hybridized carbons (Fsp3) is 0.400. The van der Waals surface area contributed by atoms with E-state index in [4.69, 9.17) is 22.9 Å². The van der Waals surface area contributed by atoms with Crippen molar-refractivity contribution < 1.29 is 14.7 Å². The van der Waals surface area contributed by atoms with Gasteiger partial charge >= 0.3 is 0 Å². The predicted octanol–water partition coefficient (Wildman–Crippen LogP) is -1.11. The van der Waals surface area contributed by atoms with Gasteiger partial charge in [0.2, 0.25) is 11.8 Å². The molecule has 1 aromatic rings. The minimum atomic E-state index is -0.847. The van der Waals surface area contributed by atoms with Gasteiger partial charge in [-0.05, 0) is 59.5 Å². The standard InChI is InChI=1S/C15H23IN6O3/c16-9-6-8(3-4-12(9)23)7-10(17)14(25)22-11(13(18)24)2-1-5-21-15(19)20/h3-4,6,10-11,23H,1-2,5,7,17H2,(H2,18,24)(H,22,25)(H4,19,20,21)/t10-,11-/m0/s1/i16-2. The van der Waals surface area contributed by atoms with Crippen LogP contribution in [0.1, 0.15) is 18.4 Å². The van der Waals surface area contributed by atoms with E-state index in [-0.39, 0.29) is 18.1 Å². The molecular formula is C15H23IN6O3. The Bertz CT molecular complexity index is 648. The van der Waals surface area contributed by atoms with E-state index in [0.717, 1.165) is 5.56 Å². The van der Waals surface area contributed by atoms with Gasteiger partial charge < -0.3 is 33.4 Å². The van der Waals surface area contributed by atoms with E-state index in [1.54, 1.807) is 12.1 Å². The minimum Gasteiger partial charge on any atom is -0.507 e. The average Bonchev–Trinajstić information content (AvgIpc) is 2.53. The number of nitrogens with two attached hydrogens (primary N) is 4. The highest BCUT2D eigenvalue weighted by molar-refractivity contribution is 14.1. The van der Waals surface area contributed by atoms with E-state index in [1.807, 2.05) is 22.6 Å². The Hall–Kier alpha value is -2.08. The smallest absolute Gasteiger partial charge is 0.240 e. The summed E-state index contributed by atoms with van der Waals surface area (Å²) in [5, 5.41) is 12.1. The number of amides is 2. The molecule has 0 aliphatic heterocycles. The van der Waals surface area contributed by atoms with Crippen LogP contribution in [0.15, 0.2) is 23.2 Å². The summed E-state index contributed by atoms with van der Waals surface area (Å²) in [6, 6.07) is 3.28. The van der Waals surface area contributed by atoms with E-state index in [2.05, 4.69) is 10.3 Å². The number of phenols is 1. The highest BCUT2D eigenvalue weighted by atomic mass is 125. The van der Waals surface area contributed by atoms with E-state index >= 15 is 0 Å². The lowest BCUT2D eigenvalue weighted by Crippen LogP contribution is -2.51. The largest absolute Gasteiger partial charge is 0.507 e. The third kappa shape index (κ3) is 7.56. The fourth-order valence-electron chi connectivity index (χ4n) is 2.09. The molecular weight excluding hydrogens is 437 g/mol. The number of rotatable bonds is 9. The first-order valence-electron chi connectivity index (χ1n) is 7.58. The fourth-order valence-corrected chi connectivity index (χ4v) is 2.67. The molecule has 2 atom stereocenters. The van der Waals surface area contributed by atoms with Crippen molar-refractivity contribution >= 4 is 40.4 Å². The van der Waals surface area contributed by atoms with Gasteiger partial charge in [-0.3, -0.25) is 14.6 Å². The lowest BCUT2D eigenvalue weighted by atomic mass is 10.0. The summed E-state index contributed by atoms with van der Waals surface area (Å²) >= 11 is 1.98. The van der Waals surface area contributed by atoms with Crippen molar-refractivity contribution in [1.29, 1.82) is 0 Å². The maximum absolute atomic E-state index is 12.2. The van der Waals surface area contributed by atoms with Crippen LogP contribution in [-0.2, 0) is 16.0 Å². The van der Waals surface area contributed by atoms with Crippen LogP contribution < -0.4 is 28.3 Å². The number of hydrogen-bond donors (Lipinski definition) is 6. The molecule has 9 nitrogen and oxygen atoms in total. The summed E-state index contributed by atoms with van der Waals surface area (Å²) in [4.78, 5) is 27.5. The van der Waals surface area contributed by atoms with Crippen molar-refractivity contribution in [2.75, 3.05) is 6.54 Å². The van der Waals surface area contributed by atoms with Crippen molar-refractivity contribution in [3.8, 4) is 5.75 Å². The Balaban J connectivity index is 2.58. The number of guanidine groups is 1. The van der Waals surface area contributed by atoms with Crippen molar-refractivity contribution in [2.24, 2.45) is 27.9 Å². The molecule has 0 saturated carbocycles. The Kier molecular flexibility index (Phi) is 8.41. The summed E-state index contributed by atoms with van der Waals surface area (Å²) in [6.07, 6.45) is 1.06. The normalized spacial score (nSPS) is 12.9. The van der Waals surface area contributed by atoms with Crippen LogP contribution in [0.2, 0.25) is 0 Å². The predicted molar refractivity (Wildman–Crippen MR) is 104 cm³/mol. The number of nitrogens with zero attached hydrogens (tertiary/aromatic N) is 1. The zero-order chi connectivity index (χ0) is 19.0. The number of benzene rings is 1. The average molecular weight is 460 g/mol. The zero-order valence-corrected chi connectivity index (χ0v) is 15.8. The molecule has 1 aromatic carbocycles. The Labute approximate surface area is 159 Å². The number of phenolic OH excluding ortho intramolecular Hbond substituents is 1. The van der Waals surface area contributed by atoms with Gasteiger partial charge in [-0.2, -0.15) is 0 Å². The summed E-state index contributed by atoms with van der Waals surface area (Å²) in [7, 11) is 0. The number of carbonyl (C=O) groups excluding carboxylic acids is 2. The Morgan fingerprint density at radius 2 is 1.96 bits per heavy atom. The molecule has 0 fully saturated rings. The highest BCUT2D eigenvalue weighted by Gasteiger charge is 2.22. The monoisotopic (exact) mass is 460 g/mol. The molecule has 0 aliphatic carbocycles. The molecule has 25 heavy (non-hydrogen) atoms. The second kappa shape index (κ2) is 10.0. The van der Waals surface area contributed by atoms with Crippen LogP contribution in [0.3, 0.4) is 0 Å². The van der Waals surface area contributed by atoms with Crippen molar-refractivity contribution in [1.82, 2.24) is 5.32 Å². The number of hydrogen-bond acceptors (Lipinski definition) is 5. The lowest BCUT2D eigenvalue weighted by molar-refractivity contribution is -0.128. The summed E-state index contributed by atoms with van der Waals surface area (Å²) in [6.45, 7) is 0.333. The molecule has 2 amide bonds. The van der Waals surface area contributed by atoms with Gasteiger partial charge in [0.05, 0.1) is 9.61 Å². The van der Waals surface area contributed by atoms with Gasteiger partial charge in [0.15, 0.2) is 5.96 Å².